The second-order valence-corrected chi connectivity index (χ2v) is 42.4. The van der Waals surface area contributed by atoms with Crippen LogP contribution in [0.1, 0.15) is 228 Å². The van der Waals surface area contributed by atoms with Crippen molar-refractivity contribution in [2.45, 2.75) is 317 Å². The summed E-state index contributed by atoms with van der Waals surface area (Å²) < 4.78 is 409. The Bertz CT molecular complexity index is 4420. The molecule has 818 valence electrons. The summed E-state index contributed by atoms with van der Waals surface area (Å²) >= 11 is 0. The number of phenols is 1. The van der Waals surface area contributed by atoms with E-state index in [1.807, 2.05) is 18.2 Å². The van der Waals surface area contributed by atoms with Gasteiger partial charge < -0.3 is 71.9 Å². The molecule has 6 fully saturated rings. The Hall–Kier alpha value is -5.43. The van der Waals surface area contributed by atoms with Gasteiger partial charge in [-0.2, -0.15) is 124 Å². The number of aliphatic hydroxyl groups excluding tert-OH is 1. The second kappa shape index (κ2) is 48.0. The first-order valence-electron chi connectivity index (χ1n) is 49.0. The molecule has 9 aliphatic rings. The summed E-state index contributed by atoms with van der Waals surface area (Å²) in [5.41, 5.74) is -11.2. The number of hydrogen-bond acceptors (Lipinski definition) is 17. The topological polar surface area (TPSA) is 170 Å². The van der Waals surface area contributed by atoms with Crippen LogP contribution in [0.2, 0.25) is 0 Å². The SMILES string of the molecule is CC(C)N(C(C)C)P(OCCC#N)OCCCCOc1ccc2c(c1)CCC1C2CC[C@@]2(C)C1CC[C@@H]2OCCN(C)CCOC(C(F)(F)F)(C(F)(F)F)C(F)(F)F.CN(CCO[C@H]1CCC2C3CCc4cc(O)ccc4C3CC[C@@]21C)CCOC(C(F)(F)F)(C(F)(F)F)C(F)(F)F.CN(CCO[C@H]1CCC2C3CCc4cc(OCCCCO)ccc4C3CC[C@@]21C)CCOC(C(F)(F)F)(C(F)(F)F)C(F)(F)F. The van der Waals surface area contributed by atoms with E-state index in [2.05, 4.69) is 104 Å². The molecule has 17 nitrogen and oxygen atoms in total. The van der Waals surface area contributed by atoms with E-state index in [0.717, 1.165) is 146 Å². The summed E-state index contributed by atoms with van der Waals surface area (Å²) in [5, 5.41) is 27.7. The number of likely N-dealkylation sites (N-methyl/N-ethyl adjacent to an activating group) is 3. The zero-order valence-electron chi connectivity index (χ0n) is 81.9. The van der Waals surface area contributed by atoms with Gasteiger partial charge in [0, 0.05) is 58.0 Å². The molecule has 10 unspecified atom stereocenters. The summed E-state index contributed by atoms with van der Waals surface area (Å²) in [4.78, 5) is 3.88. The average Bonchev–Trinajstić information content (AvgIpc) is 1.54. The average molecular weight is 2120 g/mol. The van der Waals surface area contributed by atoms with Crippen molar-refractivity contribution in [3.63, 3.8) is 0 Å². The van der Waals surface area contributed by atoms with Gasteiger partial charge >= 0.3 is 72.4 Å². The van der Waals surface area contributed by atoms with Crippen LogP contribution in [0.5, 0.6) is 17.2 Å². The highest BCUT2D eigenvalue weighted by molar-refractivity contribution is 7.44. The monoisotopic (exact) mass is 2120 g/mol. The van der Waals surface area contributed by atoms with Crippen molar-refractivity contribution in [1.82, 2.24) is 19.4 Å². The number of benzene rings is 3. The molecule has 143 heavy (non-hydrogen) atoms. The first-order chi connectivity index (χ1) is 66.5. The fourth-order valence-electron chi connectivity index (χ4n) is 24.4. The molecule has 9 aliphatic carbocycles. The first kappa shape index (κ1) is 119. The number of hydrogen-bond donors (Lipinski definition) is 2. The molecule has 0 amide bonds. The lowest BCUT2D eigenvalue weighted by Gasteiger charge is -2.50. The number of nitriles is 1. The fourth-order valence-corrected chi connectivity index (χ4v) is 26.1. The smallest absolute Gasteiger partial charge is 0.435 e. The zero-order chi connectivity index (χ0) is 106. The number of ether oxygens (including phenoxy) is 8. The molecule has 0 radical (unpaired) electrons. The maximum atomic E-state index is 13.2. The van der Waals surface area contributed by atoms with Crippen molar-refractivity contribution in [2.75, 3.05) is 133 Å². The molecular weight excluding hydrogens is 1980 g/mol. The predicted molar refractivity (Wildman–Crippen MR) is 475 cm³/mol. The van der Waals surface area contributed by atoms with E-state index in [-0.39, 0.29) is 98.5 Å². The Labute approximate surface area is 818 Å². The summed E-state index contributed by atoms with van der Waals surface area (Å²) in [6, 6.07) is 20.9. The van der Waals surface area contributed by atoms with E-state index in [9.17, 15) is 124 Å². The quantitative estimate of drug-likeness (QED) is 0.0312. The molecule has 0 aromatic heterocycles. The molecule has 2 N–H and O–H groups in total. The van der Waals surface area contributed by atoms with Crippen LogP contribution in [0.15, 0.2) is 54.6 Å². The summed E-state index contributed by atoms with van der Waals surface area (Å²) in [5.74, 6) is 5.98. The molecule has 3 aromatic carbocycles. The number of aliphatic hydroxyl groups is 1. The minimum Gasteiger partial charge on any atom is -0.508 e. The van der Waals surface area contributed by atoms with Gasteiger partial charge in [0.25, 0.3) is 8.53 Å². The number of fused-ring (bicyclic) bond motifs is 15. The molecule has 0 bridgehead atoms. The minimum atomic E-state index is -6.75. The van der Waals surface area contributed by atoms with E-state index < -0.39 is 120 Å². The number of halogens is 27. The summed E-state index contributed by atoms with van der Waals surface area (Å²) in [7, 11) is 2.84. The van der Waals surface area contributed by atoms with Gasteiger partial charge in [0.2, 0.25) is 0 Å². The third kappa shape index (κ3) is 26.5. The number of unbranched alkanes of at least 4 members (excludes halogenated alkanes) is 2. The molecule has 12 rings (SSSR count). The van der Waals surface area contributed by atoms with Gasteiger partial charge in [-0.1, -0.05) is 39.0 Å². The lowest BCUT2D eigenvalue weighted by atomic mass is 9.55. The number of rotatable bonds is 42. The molecule has 45 heteroatoms. The van der Waals surface area contributed by atoms with E-state index in [4.69, 9.17) is 43.1 Å². The number of aromatic hydroxyl groups is 1. The Morgan fingerprint density at radius 2 is 0.657 bits per heavy atom. The van der Waals surface area contributed by atoms with Crippen molar-refractivity contribution in [3.05, 3.63) is 88.0 Å². The molecule has 16 atom stereocenters. The van der Waals surface area contributed by atoms with Crippen molar-refractivity contribution in [2.24, 2.45) is 51.8 Å². The van der Waals surface area contributed by atoms with Crippen LogP contribution in [-0.4, -0.2) is 265 Å². The molecule has 3 aromatic rings. The molecule has 0 heterocycles. The van der Waals surface area contributed by atoms with Gasteiger partial charge in [0.1, 0.15) is 17.2 Å². The Balaban J connectivity index is 0.000000225. The minimum absolute atomic E-state index is 0.0716. The molecular formula is C98H135F27N5O12P. The van der Waals surface area contributed by atoms with Crippen LogP contribution in [0.4, 0.5) is 119 Å². The van der Waals surface area contributed by atoms with Gasteiger partial charge in [-0.15, -0.1) is 0 Å². The van der Waals surface area contributed by atoms with Gasteiger partial charge in [-0.05, 0) is 329 Å². The number of aryl methyl sites for hydroxylation is 3. The fraction of sp³-hybridized carbons (Fsp3) is 0.806. The zero-order valence-corrected chi connectivity index (χ0v) is 82.8. The van der Waals surface area contributed by atoms with Crippen molar-refractivity contribution in [3.8, 4) is 23.3 Å². The predicted octanol–water partition coefficient (Wildman–Crippen LogP) is 25.2. The molecule has 0 aliphatic heterocycles. The van der Waals surface area contributed by atoms with Crippen LogP contribution in [0.3, 0.4) is 0 Å². The Kier molecular flexibility index (Phi) is 40.1. The second-order valence-electron chi connectivity index (χ2n) is 41.0. The molecule has 0 saturated heterocycles. The van der Waals surface area contributed by atoms with E-state index in [1.54, 1.807) is 6.07 Å². The van der Waals surface area contributed by atoms with Crippen LogP contribution < -0.4 is 9.47 Å². The third-order valence-corrected chi connectivity index (χ3v) is 33.8. The van der Waals surface area contributed by atoms with E-state index >= 15 is 0 Å². The van der Waals surface area contributed by atoms with Crippen LogP contribution in [0, 0.1) is 63.1 Å². The van der Waals surface area contributed by atoms with Gasteiger partial charge in [-0.3, -0.25) is 0 Å². The van der Waals surface area contributed by atoms with Crippen molar-refractivity contribution >= 4 is 8.53 Å². The van der Waals surface area contributed by atoms with Crippen molar-refractivity contribution < 1.29 is 176 Å². The lowest BCUT2D eigenvalue weighted by Crippen LogP contribution is -2.68. The number of phenolic OH excluding ortho intramolecular Hbond substituents is 1. The first-order valence-corrected chi connectivity index (χ1v) is 50.2. The molecule has 6 saturated carbocycles. The van der Waals surface area contributed by atoms with Crippen LogP contribution in [0.25, 0.3) is 0 Å². The normalized spacial score (nSPS) is 26.8. The van der Waals surface area contributed by atoms with Crippen LogP contribution >= 0.6 is 8.53 Å². The van der Waals surface area contributed by atoms with Gasteiger partial charge in [0.05, 0.1) is 96.9 Å². The maximum Gasteiger partial charge on any atom is 0.435 e. The van der Waals surface area contributed by atoms with Crippen molar-refractivity contribution in [1.29, 1.82) is 5.26 Å². The highest BCUT2D eigenvalue weighted by Crippen LogP contribution is 2.67. The number of nitrogens with zero attached hydrogens (tertiary/aromatic N) is 5. The van der Waals surface area contributed by atoms with E-state index in [1.165, 1.54) is 69.2 Å². The Morgan fingerprint density at radius 1 is 0.371 bits per heavy atom. The number of alkyl halides is 27. The highest BCUT2D eigenvalue weighted by Gasteiger charge is 2.88. The maximum absolute atomic E-state index is 13.2. The third-order valence-electron chi connectivity index (χ3n) is 31.7. The van der Waals surface area contributed by atoms with Crippen LogP contribution in [-0.2, 0) is 56.7 Å². The van der Waals surface area contributed by atoms with E-state index in [0.29, 0.717) is 92.5 Å². The van der Waals surface area contributed by atoms with Gasteiger partial charge in [-0.25, -0.2) is 4.67 Å². The Morgan fingerprint density at radius 3 is 0.958 bits per heavy atom. The molecule has 0 spiro atoms. The lowest BCUT2D eigenvalue weighted by molar-refractivity contribution is -0.458. The summed E-state index contributed by atoms with van der Waals surface area (Å²) in [6.07, 6.45) is -40.4. The largest absolute Gasteiger partial charge is 0.508 e. The highest BCUT2D eigenvalue weighted by atomic mass is 31.2. The van der Waals surface area contributed by atoms with Gasteiger partial charge in [0.15, 0.2) is 0 Å². The summed E-state index contributed by atoms with van der Waals surface area (Å²) in [6.45, 7) is 11.8. The standard InChI is InChI=1S/C40H59F9N3O5P.C31H42F9NO4.C27H34F9NO3/c1-27(2)52(28(3)4)58(57-23-9-18-50)56-22-8-7-21-53-30-11-13-31-29(26-30)10-12-33-32(31)16-17-36(5)34(33)14-15-35(36)54-24-19-51(6)20-25-55-37(38(41,42)43,39(44,45)46)40(47,48)49;1-27-12-11-23-22-8-6-21(43-16-4-3-15-42)19-20(22)5-7-24(23)25(27)9-10-26(27)44-17-13-41(2)14-18-45-28(29(32,33)34,30(35,36)37)31(38,39)40;1-23-10-9-19-18-6-4-17(38)15-16(18)3-5-20(19)21(23)7-8-22(23)39-13-11-37(2)12-14-40-24(25(28,29)30,26(31,32)33)27(34,35)36/h11,13,26-28,32-35H,7-10,12,14-17,19-25H2,1-6H3;6,8,19,23-26,42H,3-5,7,9-18H2,1-2H3;4,6,15,19-22,38H,3,5,7-14H2,1-2H3/t32?,33?,34?,35-,36-,58?;23?,24?,25?,26-,27-;19?,20?,21?,22-,23-/m000/s1.